The largest absolute Gasteiger partial charge is 0.301 e. The van der Waals surface area contributed by atoms with Crippen molar-refractivity contribution in [1.29, 1.82) is 0 Å². The lowest BCUT2D eigenvalue weighted by Crippen LogP contribution is -2.31. The molecule has 4 heteroatoms. The molecule has 0 aromatic carbocycles. The molecule has 2 nitrogen and oxygen atoms in total. The molecule has 1 aliphatic rings. The number of nitrogens with zero attached hydrogens (tertiary/aromatic N) is 1. The van der Waals surface area contributed by atoms with Crippen molar-refractivity contribution in [3.8, 4) is 0 Å². The van der Waals surface area contributed by atoms with Crippen molar-refractivity contribution < 1.29 is 0 Å². The van der Waals surface area contributed by atoms with Gasteiger partial charge in [0.2, 0.25) is 0 Å². The number of thiazole rings is 1. The van der Waals surface area contributed by atoms with Gasteiger partial charge >= 0.3 is 0 Å². The Morgan fingerprint density at radius 3 is 2.71 bits per heavy atom. The van der Waals surface area contributed by atoms with E-state index >= 15 is 0 Å². The molecule has 0 bridgehead atoms. The Kier molecular flexibility index (Phi) is 3.14. The summed E-state index contributed by atoms with van der Waals surface area (Å²) in [5, 5.41) is 5.24. The van der Waals surface area contributed by atoms with E-state index in [0.717, 1.165) is 12.5 Å². The quantitative estimate of drug-likeness (QED) is 0.800. The zero-order chi connectivity index (χ0) is 10.1. The van der Waals surface area contributed by atoms with Crippen LogP contribution in [0.1, 0.15) is 27.9 Å². The molecule has 0 aliphatic carbocycles. The fourth-order valence-electron chi connectivity index (χ4n) is 1.65. The van der Waals surface area contributed by atoms with Gasteiger partial charge < -0.3 is 5.32 Å². The molecule has 1 aromatic heterocycles. The minimum atomic E-state index is 0.484. The maximum absolute atomic E-state index is 4.47. The van der Waals surface area contributed by atoms with Crippen LogP contribution < -0.4 is 5.32 Å². The first-order valence-corrected chi connectivity index (χ1v) is 6.82. The number of rotatable bonds is 1. The highest BCUT2D eigenvalue weighted by Crippen LogP contribution is 2.36. The van der Waals surface area contributed by atoms with E-state index in [2.05, 4.69) is 31.1 Å². The summed E-state index contributed by atoms with van der Waals surface area (Å²) in [6.45, 7) is 7.62. The van der Waals surface area contributed by atoms with Crippen LogP contribution in [0, 0.1) is 19.8 Å². The third-order valence-electron chi connectivity index (χ3n) is 2.38. The summed E-state index contributed by atoms with van der Waals surface area (Å²) in [5.41, 5.74) is 1.20. The average molecular weight is 228 g/mol. The fraction of sp³-hybridized carbons (Fsp3) is 0.700. The van der Waals surface area contributed by atoms with Crippen molar-refractivity contribution >= 4 is 23.1 Å². The van der Waals surface area contributed by atoms with Crippen molar-refractivity contribution in [3.05, 3.63) is 15.6 Å². The van der Waals surface area contributed by atoms with Crippen LogP contribution in [0.15, 0.2) is 0 Å². The zero-order valence-corrected chi connectivity index (χ0v) is 10.5. The summed E-state index contributed by atoms with van der Waals surface area (Å²) in [4.78, 5) is 5.89. The molecule has 14 heavy (non-hydrogen) atoms. The molecule has 2 rings (SSSR count). The minimum absolute atomic E-state index is 0.484. The average Bonchev–Trinajstić information content (AvgIpc) is 2.47. The monoisotopic (exact) mass is 228 g/mol. The lowest BCUT2D eigenvalue weighted by molar-refractivity contribution is 0.531. The first kappa shape index (κ1) is 10.5. The molecular formula is C10H16N2S2. The molecule has 2 heterocycles. The fourth-order valence-corrected chi connectivity index (χ4v) is 4.05. The van der Waals surface area contributed by atoms with E-state index in [4.69, 9.17) is 0 Å². The molecule has 0 radical (unpaired) electrons. The van der Waals surface area contributed by atoms with Crippen molar-refractivity contribution in [3.63, 3.8) is 0 Å². The van der Waals surface area contributed by atoms with E-state index in [1.54, 1.807) is 0 Å². The molecule has 1 aliphatic heterocycles. The van der Waals surface area contributed by atoms with Gasteiger partial charge in [0.25, 0.3) is 0 Å². The summed E-state index contributed by atoms with van der Waals surface area (Å²) < 4.78 is 0. The SMILES string of the molecule is Cc1nc(C)c(C2NCC(C)CS2)s1. The first-order chi connectivity index (χ1) is 6.66. The summed E-state index contributed by atoms with van der Waals surface area (Å²) in [5.74, 6) is 2.05. The third kappa shape index (κ3) is 2.12. The van der Waals surface area contributed by atoms with Gasteiger partial charge in [-0.3, -0.25) is 0 Å². The second kappa shape index (κ2) is 4.21. The maximum Gasteiger partial charge on any atom is 0.0901 e. The second-order valence-electron chi connectivity index (χ2n) is 3.91. The number of hydrogen-bond donors (Lipinski definition) is 1. The van der Waals surface area contributed by atoms with E-state index in [1.165, 1.54) is 21.3 Å². The maximum atomic E-state index is 4.47. The Morgan fingerprint density at radius 1 is 1.43 bits per heavy atom. The predicted octanol–water partition coefficient (Wildman–Crippen LogP) is 2.73. The van der Waals surface area contributed by atoms with Crippen molar-refractivity contribution in [2.75, 3.05) is 12.3 Å². The Balaban J connectivity index is 2.11. The van der Waals surface area contributed by atoms with Gasteiger partial charge in [-0.1, -0.05) is 6.92 Å². The van der Waals surface area contributed by atoms with E-state index in [0.29, 0.717) is 5.37 Å². The molecule has 1 N–H and O–H groups in total. The molecule has 1 fully saturated rings. The Morgan fingerprint density at radius 2 is 2.21 bits per heavy atom. The molecule has 0 amide bonds. The summed E-state index contributed by atoms with van der Waals surface area (Å²) in [7, 11) is 0. The highest BCUT2D eigenvalue weighted by Gasteiger charge is 2.22. The number of aromatic nitrogens is 1. The lowest BCUT2D eigenvalue weighted by Gasteiger charge is -2.26. The molecule has 2 atom stereocenters. The van der Waals surface area contributed by atoms with Crippen molar-refractivity contribution in [2.24, 2.45) is 5.92 Å². The summed E-state index contributed by atoms with van der Waals surface area (Å²) >= 11 is 3.84. The van der Waals surface area contributed by atoms with Gasteiger partial charge in [0, 0.05) is 0 Å². The number of aryl methyl sites for hydroxylation is 2. The minimum Gasteiger partial charge on any atom is -0.301 e. The lowest BCUT2D eigenvalue weighted by atomic mass is 10.2. The zero-order valence-electron chi connectivity index (χ0n) is 8.83. The van der Waals surface area contributed by atoms with E-state index in [-0.39, 0.29) is 0 Å². The van der Waals surface area contributed by atoms with Crippen LogP contribution in [-0.2, 0) is 0 Å². The van der Waals surface area contributed by atoms with Gasteiger partial charge in [-0.05, 0) is 32.1 Å². The van der Waals surface area contributed by atoms with Crippen LogP contribution in [0.3, 0.4) is 0 Å². The van der Waals surface area contributed by atoms with E-state index in [9.17, 15) is 0 Å². The molecular weight excluding hydrogens is 212 g/mol. The Hall–Kier alpha value is -0.0600. The molecule has 0 spiro atoms. The van der Waals surface area contributed by atoms with Crippen molar-refractivity contribution in [1.82, 2.24) is 10.3 Å². The topological polar surface area (TPSA) is 24.9 Å². The molecule has 1 aromatic rings. The van der Waals surface area contributed by atoms with Crippen LogP contribution in [0.4, 0.5) is 0 Å². The highest BCUT2D eigenvalue weighted by atomic mass is 32.2. The van der Waals surface area contributed by atoms with Gasteiger partial charge in [0.15, 0.2) is 0 Å². The smallest absolute Gasteiger partial charge is 0.0901 e. The number of thioether (sulfide) groups is 1. The van der Waals surface area contributed by atoms with Gasteiger partial charge in [-0.15, -0.1) is 23.1 Å². The molecule has 2 unspecified atom stereocenters. The van der Waals surface area contributed by atoms with Gasteiger partial charge in [-0.25, -0.2) is 4.98 Å². The standard InChI is InChI=1S/C10H16N2S2/c1-6-4-11-10(13-5-6)9-7(2)12-8(3)14-9/h6,10-11H,4-5H2,1-3H3. The summed E-state index contributed by atoms with van der Waals surface area (Å²) in [6, 6.07) is 0. The van der Waals surface area contributed by atoms with Crippen LogP contribution in [-0.4, -0.2) is 17.3 Å². The van der Waals surface area contributed by atoms with Crippen LogP contribution in [0.25, 0.3) is 0 Å². The molecule has 78 valence electrons. The molecule has 0 saturated carbocycles. The van der Waals surface area contributed by atoms with Crippen LogP contribution >= 0.6 is 23.1 Å². The number of hydrogen-bond acceptors (Lipinski definition) is 4. The second-order valence-corrected chi connectivity index (χ2v) is 6.28. The first-order valence-electron chi connectivity index (χ1n) is 4.95. The summed E-state index contributed by atoms with van der Waals surface area (Å²) in [6.07, 6.45) is 0. The normalized spacial score (nSPS) is 27.9. The Bertz CT molecular complexity index is 314. The van der Waals surface area contributed by atoms with Crippen LogP contribution in [0.2, 0.25) is 0 Å². The van der Waals surface area contributed by atoms with E-state index in [1.807, 2.05) is 23.1 Å². The Labute approximate surface area is 93.5 Å². The van der Waals surface area contributed by atoms with Crippen molar-refractivity contribution in [2.45, 2.75) is 26.1 Å². The van der Waals surface area contributed by atoms with Gasteiger partial charge in [-0.2, -0.15) is 0 Å². The van der Waals surface area contributed by atoms with Gasteiger partial charge in [0.05, 0.1) is 21.0 Å². The predicted molar refractivity (Wildman–Crippen MR) is 64.0 cm³/mol. The van der Waals surface area contributed by atoms with Gasteiger partial charge in [0.1, 0.15) is 0 Å². The highest BCUT2D eigenvalue weighted by molar-refractivity contribution is 7.99. The van der Waals surface area contributed by atoms with Crippen LogP contribution in [0.5, 0.6) is 0 Å². The van der Waals surface area contributed by atoms with E-state index < -0.39 is 0 Å². The number of nitrogens with one attached hydrogen (secondary N) is 1. The third-order valence-corrected chi connectivity index (χ3v) is 5.16. The molecule has 1 saturated heterocycles.